The Balaban J connectivity index is 2.70. The second kappa shape index (κ2) is 4.75. The minimum atomic E-state index is -1.14. The van der Waals surface area contributed by atoms with Crippen molar-refractivity contribution in [3.8, 4) is 0 Å². The molecule has 0 bridgehead atoms. The summed E-state index contributed by atoms with van der Waals surface area (Å²) in [5.74, 6) is -1.53. The minimum absolute atomic E-state index is 0.0310. The maximum Gasteiger partial charge on any atom is 0.367 e. The molecule has 1 aliphatic rings. The standard InChI is InChI=1S/C10H18O4/c1-4-12-10(13-5-2)7-6-8(3)14-9(10)11/h8H,4-7H2,1-3H3. The highest BCUT2D eigenvalue weighted by Crippen LogP contribution is 2.29. The SMILES string of the molecule is CCOC1(OCC)CCC(C)OC1=O. The summed E-state index contributed by atoms with van der Waals surface area (Å²) < 4.78 is 15.9. The molecule has 4 heteroatoms. The van der Waals surface area contributed by atoms with Gasteiger partial charge in [0.25, 0.3) is 5.79 Å². The van der Waals surface area contributed by atoms with E-state index in [1.165, 1.54) is 0 Å². The van der Waals surface area contributed by atoms with Crippen LogP contribution < -0.4 is 0 Å². The lowest BCUT2D eigenvalue weighted by molar-refractivity contribution is -0.264. The lowest BCUT2D eigenvalue weighted by Crippen LogP contribution is -2.50. The van der Waals surface area contributed by atoms with Gasteiger partial charge in [0.05, 0.1) is 6.10 Å². The van der Waals surface area contributed by atoms with Crippen molar-refractivity contribution >= 4 is 5.97 Å². The molecule has 1 rings (SSSR count). The Morgan fingerprint density at radius 1 is 1.43 bits per heavy atom. The molecule has 0 radical (unpaired) electrons. The van der Waals surface area contributed by atoms with Gasteiger partial charge in [0, 0.05) is 19.6 Å². The molecule has 1 fully saturated rings. The molecule has 0 aromatic rings. The zero-order chi connectivity index (χ0) is 10.6. The second-order valence-corrected chi connectivity index (χ2v) is 3.37. The van der Waals surface area contributed by atoms with Gasteiger partial charge in [0.15, 0.2) is 0 Å². The fraction of sp³-hybridized carbons (Fsp3) is 0.900. The molecule has 1 atom stereocenters. The van der Waals surface area contributed by atoms with Gasteiger partial charge in [-0.2, -0.15) is 0 Å². The molecule has 0 aromatic carbocycles. The van der Waals surface area contributed by atoms with Gasteiger partial charge in [-0.15, -0.1) is 0 Å². The van der Waals surface area contributed by atoms with E-state index in [1.807, 2.05) is 20.8 Å². The first-order chi connectivity index (χ1) is 6.64. The van der Waals surface area contributed by atoms with Crippen molar-refractivity contribution < 1.29 is 19.0 Å². The van der Waals surface area contributed by atoms with E-state index in [0.717, 1.165) is 6.42 Å². The Morgan fingerprint density at radius 3 is 2.43 bits per heavy atom. The molecule has 0 N–H and O–H groups in total. The zero-order valence-corrected chi connectivity index (χ0v) is 9.04. The summed E-state index contributed by atoms with van der Waals surface area (Å²) in [7, 11) is 0. The van der Waals surface area contributed by atoms with Crippen LogP contribution in [0.5, 0.6) is 0 Å². The molecule has 1 aliphatic heterocycles. The Morgan fingerprint density at radius 2 is 2.00 bits per heavy atom. The van der Waals surface area contributed by atoms with Crippen molar-refractivity contribution in [3.63, 3.8) is 0 Å². The smallest absolute Gasteiger partial charge is 0.367 e. The summed E-state index contributed by atoms with van der Waals surface area (Å²) in [4.78, 5) is 11.6. The quantitative estimate of drug-likeness (QED) is 0.511. The third-order valence-electron chi connectivity index (χ3n) is 2.25. The van der Waals surface area contributed by atoms with Crippen LogP contribution in [-0.2, 0) is 19.0 Å². The summed E-state index contributed by atoms with van der Waals surface area (Å²) in [6.07, 6.45) is 1.33. The van der Waals surface area contributed by atoms with Crippen molar-refractivity contribution in [3.05, 3.63) is 0 Å². The van der Waals surface area contributed by atoms with Crippen LogP contribution in [0.1, 0.15) is 33.6 Å². The normalized spacial score (nSPS) is 25.9. The van der Waals surface area contributed by atoms with E-state index in [9.17, 15) is 4.79 Å². The van der Waals surface area contributed by atoms with Crippen molar-refractivity contribution in [2.45, 2.75) is 45.5 Å². The number of rotatable bonds is 4. The lowest BCUT2D eigenvalue weighted by atomic mass is 10.0. The number of carbonyl (C=O) groups excluding carboxylic acids is 1. The first-order valence-corrected chi connectivity index (χ1v) is 5.13. The van der Waals surface area contributed by atoms with Crippen molar-refractivity contribution in [2.75, 3.05) is 13.2 Å². The van der Waals surface area contributed by atoms with Crippen molar-refractivity contribution in [1.29, 1.82) is 0 Å². The summed E-state index contributed by atoms with van der Waals surface area (Å²) in [6, 6.07) is 0. The van der Waals surface area contributed by atoms with Gasteiger partial charge < -0.3 is 14.2 Å². The summed E-state index contributed by atoms with van der Waals surface area (Å²) in [5, 5.41) is 0. The molecule has 0 amide bonds. The van der Waals surface area contributed by atoms with E-state index >= 15 is 0 Å². The molecule has 0 saturated carbocycles. The van der Waals surface area contributed by atoms with Crippen LogP contribution in [0.15, 0.2) is 0 Å². The Kier molecular flexibility index (Phi) is 3.89. The topological polar surface area (TPSA) is 44.8 Å². The third-order valence-corrected chi connectivity index (χ3v) is 2.25. The zero-order valence-electron chi connectivity index (χ0n) is 9.04. The van der Waals surface area contributed by atoms with Crippen LogP contribution >= 0.6 is 0 Å². The third kappa shape index (κ3) is 2.25. The number of ether oxygens (including phenoxy) is 3. The number of hydrogen-bond acceptors (Lipinski definition) is 4. The molecule has 1 heterocycles. The highest BCUT2D eigenvalue weighted by molar-refractivity contribution is 5.78. The van der Waals surface area contributed by atoms with E-state index in [1.54, 1.807) is 0 Å². The highest BCUT2D eigenvalue weighted by atomic mass is 16.7. The van der Waals surface area contributed by atoms with Gasteiger partial charge in [-0.05, 0) is 27.2 Å². The molecular weight excluding hydrogens is 184 g/mol. The lowest BCUT2D eigenvalue weighted by Gasteiger charge is -2.36. The van der Waals surface area contributed by atoms with E-state index < -0.39 is 5.79 Å². The maximum absolute atomic E-state index is 11.6. The predicted octanol–water partition coefficient (Wildman–Crippen LogP) is 1.48. The van der Waals surface area contributed by atoms with Gasteiger partial charge in [0.2, 0.25) is 0 Å². The fourth-order valence-electron chi connectivity index (χ4n) is 1.60. The van der Waals surface area contributed by atoms with Crippen LogP contribution in [0.4, 0.5) is 0 Å². The number of carbonyl (C=O) groups is 1. The average Bonchev–Trinajstić information content (AvgIpc) is 2.13. The fourth-order valence-corrected chi connectivity index (χ4v) is 1.60. The molecule has 4 nitrogen and oxygen atoms in total. The first kappa shape index (κ1) is 11.5. The highest BCUT2D eigenvalue weighted by Gasteiger charge is 2.46. The molecule has 82 valence electrons. The summed E-state index contributed by atoms with van der Waals surface area (Å²) in [5.41, 5.74) is 0. The van der Waals surface area contributed by atoms with Crippen molar-refractivity contribution in [2.24, 2.45) is 0 Å². The average molecular weight is 202 g/mol. The van der Waals surface area contributed by atoms with E-state index in [-0.39, 0.29) is 12.1 Å². The predicted molar refractivity (Wildman–Crippen MR) is 50.8 cm³/mol. The second-order valence-electron chi connectivity index (χ2n) is 3.37. The van der Waals surface area contributed by atoms with Gasteiger partial charge in [-0.1, -0.05) is 0 Å². The molecule has 1 unspecified atom stereocenters. The Hall–Kier alpha value is -0.610. The van der Waals surface area contributed by atoms with Crippen LogP contribution in [0.25, 0.3) is 0 Å². The first-order valence-electron chi connectivity index (χ1n) is 5.13. The van der Waals surface area contributed by atoms with E-state index in [2.05, 4.69) is 0 Å². The van der Waals surface area contributed by atoms with Gasteiger partial charge in [0.1, 0.15) is 0 Å². The Labute approximate surface area is 84.5 Å². The van der Waals surface area contributed by atoms with E-state index in [0.29, 0.717) is 19.6 Å². The molecule has 14 heavy (non-hydrogen) atoms. The monoisotopic (exact) mass is 202 g/mol. The molecular formula is C10H18O4. The van der Waals surface area contributed by atoms with Crippen molar-refractivity contribution in [1.82, 2.24) is 0 Å². The molecule has 1 saturated heterocycles. The number of cyclic esters (lactones) is 1. The molecule has 0 spiro atoms. The molecule has 0 aliphatic carbocycles. The number of hydrogen-bond donors (Lipinski definition) is 0. The minimum Gasteiger partial charge on any atom is -0.459 e. The van der Waals surface area contributed by atoms with Gasteiger partial charge in [-0.3, -0.25) is 0 Å². The van der Waals surface area contributed by atoms with Gasteiger partial charge >= 0.3 is 5.97 Å². The largest absolute Gasteiger partial charge is 0.459 e. The summed E-state index contributed by atoms with van der Waals surface area (Å²) >= 11 is 0. The van der Waals surface area contributed by atoms with Crippen LogP contribution in [0.3, 0.4) is 0 Å². The van der Waals surface area contributed by atoms with E-state index in [4.69, 9.17) is 14.2 Å². The van der Waals surface area contributed by atoms with Crippen LogP contribution in [0.2, 0.25) is 0 Å². The maximum atomic E-state index is 11.6. The Bertz CT molecular complexity index is 196. The van der Waals surface area contributed by atoms with Crippen LogP contribution in [-0.4, -0.2) is 31.1 Å². The number of esters is 1. The molecule has 0 aromatic heterocycles. The summed E-state index contributed by atoms with van der Waals surface area (Å²) in [6.45, 7) is 6.45. The van der Waals surface area contributed by atoms with Gasteiger partial charge in [-0.25, -0.2) is 4.79 Å². The van der Waals surface area contributed by atoms with Crippen LogP contribution in [0, 0.1) is 0 Å².